The van der Waals surface area contributed by atoms with Gasteiger partial charge in [0.1, 0.15) is 5.16 Å². The maximum atomic E-state index is 6.55. The van der Waals surface area contributed by atoms with E-state index in [0.717, 1.165) is 37.4 Å². The lowest BCUT2D eigenvalue weighted by Gasteiger charge is -2.37. The molecule has 2 rings (SSSR count). The molecule has 0 spiro atoms. The molecule has 0 fully saturated rings. The SMILES string of the molecule is CCCC(N)C(C)N1CC=C2CCC=CC2=C1Cl. The molecule has 0 aromatic heterocycles. The van der Waals surface area contributed by atoms with E-state index in [1.807, 2.05) is 0 Å². The summed E-state index contributed by atoms with van der Waals surface area (Å²) in [4.78, 5) is 2.23. The minimum atomic E-state index is 0.187. The van der Waals surface area contributed by atoms with Crippen LogP contribution < -0.4 is 5.73 Å². The normalized spacial score (nSPS) is 22.7. The van der Waals surface area contributed by atoms with Crippen molar-refractivity contribution in [2.24, 2.45) is 5.73 Å². The highest BCUT2D eigenvalue weighted by molar-refractivity contribution is 6.30. The van der Waals surface area contributed by atoms with Crippen LogP contribution in [-0.2, 0) is 0 Å². The van der Waals surface area contributed by atoms with E-state index in [2.05, 4.69) is 37.0 Å². The van der Waals surface area contributed by atoms with Crippen molar-refractivity contribution in [1.82, 2.24) is 4.90 Å². The number of rotatable bonds is 4. The monoisotopic (exact) mass is 266 g/mol. The molecule has 2 unspecified atom stereocenters. The molecule has 0 saturated carbocycles. The molecule has 0 amide bonds. The number of halogens is 1. The fraction of sp³-hybridized carbons (Fsp3) is 0.600. The summed E-state index contributed by atoms with van der Waals surface area (Å²) in [7, 11) is 0. The van der Waals surface area contributed by atoms with Gasteiger partial charge in [-0.1, -0.05) is 43.2 Å². The maximum absolute atomic E-state index is 6.55. The minimum Gasteiger partial charge on any atom is -0.354 e. The molecule has 1 aliphatic heterocycles. The Balaban J connectivity index is 2.17. The topological polar surface area (TPSA) is 29.3 Å². The van der Waals surface area contributed by atoms with Gasteiger partial charge in [0.05, 0.1) is 0 Å². The lowest BCUT2D eigenvalue weighted by Crippen LogP contribution is -2.46. The Kier molecular flexibility index (Phi) is 4.52. The van der Waals surface area contributed by atoms with Gasteiger partial charge in [0.15, 0.2) is 0 Å². The molecule has 2 nitrogen and oxygen atoms in total. The van der Waals surface area contributed by atoms with Crippen LogP contribution in [0.25, 0.3) is 0 Å². The van der Waals surface area contributed by atoms with E-state index < -0.39 is 0 Å². The van der Waals surface area contributed by atoms with Gasteiger partial charge in [0.2, 0.25) is 0 Å². The zero-order valence-corrected chi connectivity index (χ0v) is 12.1. The van der Waals surface area contributed by atoms with Crippen LogP contribution in [0.2, 0.25) is 0 Å². The highest BCUT2D eigenvalue weighted by atomic mass is 35.5. The Bertz CT molecular complexity index is 395. The molecular formula is C15H23ClN2. The van der Waals surface area contributed by atoms with Gasteiger partial charge < -0.3 is 10.6 Å². The third kappa shape index (κ3) is 2.65. The number of allylic oxidation sites excluding steroid dienone is 4. The third-order valence-electron chi connectivity index (χ3n) is 3.95. The van der Waals surface area contributed by atoms with Gasteiger partial charge in [0, 0.05) is 24.2 Å². The van der Waals surface area contributed by atoms with Crippen LogP contribution in [0.3, 0.4) is 0 Å². The number of nitrogens with two attached hydrogens (primary N) is 1. The molecular weight excluding hydrogens is 244 g/mol. The Labute approximate surface area is 115 Å². The summed E-state index contributed by atoms with van der Waals surface area (Å²) in [5.41, 5.74) is 8.82. The Hall–Kier alpha value is -0.730. The lowest BCUT2D eigenvalue weighted by atomic mass is 9.92. The molecule has 2 atom stereocenters. The first kappa shape index (κ1) is 13.7. The van der Waals surface area contributed by atoms with Crippen molar-refractivity contribution in [2.75, 3.05) is 6.54 Å². The third-order valence-corrected chi connectivity index (χ3v) is 4.37. The van der Waals surface area contributed by atoms with E-state index in [1.165, 1.54) is 11.1 Å². The van der Waals surface area contributed by atoms with E-state index in [-0.39, 0.29) is 12.1 Å². The Morgan fingerprint density at radius 1 is 1.50 bits per heavy atom. The Morgan fingerprint density at radius 2 is 2.28 bits per heavy atom. The Morgan fingerprint density at radius 3 is 3.00 bits per heavy atom. The van der Waals surface area contributed by atoms with E-state index >= 15 is 0 Å². The van der Waals surface area contributed by atoms with Gasteiger partial charge >= 0.3 is 0 Å². The van der Waals surface area contributed by atoms with Gasteiger partial charge in [-0.15, -0.1) is 0 Å². The van der Waals surface area contributed by atoms with Gasteiger partial charge in [-0.05, 0) is 31.8 Å². The van der Waals surface area contributed by atoms with Crippen LogP contribution in [0.15, 0.2) is 34.5 Å². The summed E-state index contributed by atoms with van der Waals surface area (Å²) in [5.74, 6) is 0. The van der Waals surface area contributed by atoms with Crippen molar-refractivity contribution >= 4 is 11.6 Å². The molecule has 0 bridgehead atoms. The fourth-order valence-corrected chi connectivity index (χ4v) is 3.10. The quantitative estimate of drug-likeness (QED) is 0.789. The minimum absolute atomic E-state index is 0.187. The molecule has 1 aliphatic carbocycles. The molecule has 3 heteroatoms. The summed E-state index contributed by atoms with van der Waals surface area (Å²) in [6, 6.07) is 0.477. The standard InChI is InChI=1S/C15H23ClN2/c1-3-6-14(17)11(2)18-10-9-12-7-4-5-8-13(12)15(18)16/h5,8-9,11,14H,3-4,6-7,10,17H2,1-2H3. The highest BCUT2D eigenvalue weighted by Gasteiger charge is 2.26. The van der Waals surface area contributed by atoms with Crippen LogP contribution >= 0.6 is 11.6 Å². The second kappa shape index (κ2) is 5.94. The van der Waals surface area contributed by atoms with Crippen LogP contribution in [0, 0.1) is 0 Å². The van der Waals surface area contributed by atoms with Crippen molar-refractivity contribution in [3.05, 3.63) is 34.5 Å². The van der Waals surface area contributed by atoms with E-state index in [1.54, 1.807) is 0 Å². The van der Waals surface area contributed by atoms with Gasteiger partial charge in [-0.25, -0.2) is 0 Å². The highest BCUT2D eigenvalue weighted by Crippen LogP contribution is 2.34. The average Bonchev–Trinajstić information content (AvgIpc) is 2.39. The van der Waals surface area contributed by atoms with Crippen LogP contribution in [0.4, 0.5) is 0 Å². The van der Waals surface area contributed by atoms with E-state index in [0.29, 0.717) is 0 Å². The van der Waals surface area contributed by atoms with Crippen molar-refractivity contribution in [3.8, 4) is 0 Å². The second-order valence-corrected chi connectivity index (χ2v) is 5.58. The molecule has 0 saturated heterocycles. The molecule has 2 aliphatic rings. The van der Waals surface area contributed by atoms with Crippen molar-refractivity contribution < 1.29 is 0 Å². The van der Waals surface area contributed by atoms with Crippen LogP contribution in [0.5, 0.6) is 0 Å². The van der Waals surface area contributed by atoms with Gasteiger partial charge in [-0.3, -0.25) is 0 Å². The summed E-state index contributed by atoms with van der Waals surface area (Å²) >= 11 is 6.55. The number of hydrogen-bond acceptors (Lipinski definition) is 2. The van der Waals surface area contributed by atoms with Gasteiger partial charge in [0.25, 0.3) is 0 Å². The first-order chi connectivity index (χ1) is 8.65. The van der Waals surface area contributed by atoms with E-state index in [9.17, 15) is 0 Å². The van der Waals surface area contributed by atoms with Gasteiger partial charge in [-0.2, -0.15) is 0 Å². The first-order valence-electron chi connectivity index (χ1n) is 6.93. The molecule has 18 heavy (non-hydrogen) atoms. The molecule has 2 N–H and O–H groups in total. The number of hydrogen-bond donors (Lipinski definition) is 1. The number of nitrogens with zero attached hydrogens (tertiary/aromatic N) is 1. The fourth-order valence-electron chi connectivity index (χ4n) is 2.69. The smallest absolute Gasteiger partial charge is 0.113 e. The predicted octanol–water partition coefficient (Wildman–Crippen LogP) is 3.54. The maximum Gasteiger partial charge on any atom is 0.113 e. The summed E-state index contributed by atoms with van der Waals surface area (Å²) in [5, 5.41) is 0.877. The van der Waals surface area contributed by atoms with E-state index in [4.69, 9.17) is 17.3 Å². The summed E-state index contributed by atoms with van der Waals surface area (Å²) in [6.07, 6.45) is 11.1. The average molecular weight is 267 g/mol. The lowest BCUT2D eigenvalue weighted by molar-refractivity contribution is 0.258. The molecule has 1 heterocycles. The first-order valence-corrected chi connectivity index (χ1v) is 7.31. The van der Waals surface area contributed by atoms with Crippen molar-refractivity contribution in [2.45, 2.75) is 51.6 Å². The number of fused-ring (bicyclic) bond motifs is 1. The van der Waals surface area contributed by atoms with Crippen molar-refractivity contribution in [1.29, 1.82) is 0 Å². The predicted molar refractivity (Wildman–Crippen MR) is 78.4 cm³/mol. The van der Waals surface area contributed by atoms with Crippen LogP contribution in [-0.4, -0.2) is 23.5 Å². The molecule has 0 radical (unpaired) electrons. The zero-order chi connectivity index (χ0) is 13.1. The zero-order valence-electron chi connectivity index (χ0n) is 11.3. The molecule has 100 valence electrons. The second-order valence-electron chi connectivity index (χ2n) is 5.22. The summed E-state index contributed by atoms with van der Waals surface area (Å²) < 4.78 is 0. The van der Waals surface area contributed by atoms with Crippen LogP contribution in [0.1, 0.15) is 39.5 Å². The molecule has 0 aromatic carbocycles. The van der Waals surface area contributed by atoms with Crippen molar-refractivity contribution in [3.63, 3.8) is 0 Å². The summed E-state index contributed by atoms with van der Waals surface area (Å²) in [6.45, 7) is 5.24. The largest absolute Gasteiger partial charge is 0.354 e. The molecule has 0 aromatic rings.